The quantitative estimate of drug-likeness (QED) is 0.266. The van der Waals surface area contributed by atoms with Crippen LogP contribution in [0, 0.1) is 17.0 Å². The third-order valence-electron chi connectivity index (χ3n) is 3.80. The van der Waals surface area contributed by atoms with E-state index < -0.39 is 15.0 Å². The van der Waals surface area contributed by atoms with Crippen molar-refractivity contribution in [3.8, 4) is 5.75 Å². The molecule has 28 heavy (non-hydrogen) atoms. The maximum Gasteiger partial charge on any atom is 0.339 e. The first kappa shape index (κ1) is 19.2. The number of hydrogen-bond acceptors (Lipinski definition) is 6. The molecule has 8 heteroatoms. The Hall–Kier alpha value is -3.52. The number of non-ortho nitro benzene ring substituents is 1. The fraction of sp³-hybridized carbons (Fsp3) is 0.0500. The summed E-state index contributed by atoms with van der Waals surface area (Å²) < 4.78 is 30.0. The molecule has 142 valence electrons. The van der Waals surface area contributed by atoms with Crippen LogP contribution in [0.4, 0.5) is 11.4 Å². The summed E-state index contributed by atoms with van der Waals surface area (Å²) in [5, 5.41) is 10.7. The molecule has 0 aromatic heterocycles. The van der Waals surface area contributed by atoms with Gasteiger partial charge in [0, 0.05) is 18.3 Å². The molecule has 0 aliphatic rings. The van der Waals surface area contributed by atoms with Crippen molar-refractivity contribution < 1.29 is 17.5 Å². The molecule has 0 saturated carbocycles. The topological polar surface area (TPSA) is 98.9 Å². The smallest absolute Gasteiger partial charge is 0.339 e. The summed E-state index contributed by atoms with van der Waals surface area (Å²) in [6.45, 7) is 1.87. The summed E-state index contributed by atoms with van der Waals surface area (Å²) >= 11 is 0. The molecule has 3 aromatic rings. The number of rotatable bonds is 6. The van der Waals surface area contributed by atoms with Gasteiger partial charge in [-0.2, -0.15) is 8.42 Å². The van der Waals surface area contributed by atoms with Gasteiger partial charge in [-0.05, 0) is 48.9 Å². The fourth-order valence-electron chi connectivity index (χ4n) is 2.34. The zero-order valence-corrected chi connectivity index (χ0v) is 15.7. The minimum Gasteiger partial charge on any atom is -0.379 e. The summed E-state index contributed by atoms with van der Waals surface area (Å²) in [5.74, 6) is 0.160. The molecular weight excluding hydrogens is 380 g/mol. The van der Waals surface area contributed by atoms with E-state index in [1.54, 1.807) is 30.3 Å². The number of nitrogens with zero attached hydrogens (tertiary/aromatic N) is 2. The lowest BCUT2D eigenvalue weighted by atomic mass is 10.2. The van der Waals surface area contributed by atoms with Gasteiger partial charge in [-0.1, -0.05) is 29.8 Å². The Balaban J connectivity index is 1.76. The highest BCUT2D eigenvalue weighted by molar-refractivity contribution is 7.87. The molecule has 0 spiro atoms. The molecule has 7 nitrogen and oxygen atoms in total. The Labute approximate surface area is 162 Å². The number of hydrogen-bond donors (Lipinski definition) is 0. The molecular formula is C20H16N2O5S. The summed E-state index contributed by atoms with van der Waals surface area (Å²) in [7, 11) is -3.94. The molecule has 0 fully saturated rings. The van der Waals surface area contributed by atoms with Gasteiger partial charge in [-0.15, -0.1) is 0 Å². The number of benzene rings is 3. The predicted molar refractivity (Wildman–Crippen MR) is 106 cm³/mol. The predicted octanol–water partition coefficient (Wildman–Crippen LogP) is 4.42. The average Bonchev–Trinajstić information content (AvgIpc) is 2.67. The van der Waals surface area contributed by atoms with Gasteiger partial charge in [0.05, 0.1) is 10.6 Å². The lowest BCUT2D eigenvalue weighted by molar-refractivity contribution is -0.384. The molecule has 3 rings (SSSR count). The summed E-state index contributed by atoms with van der Waals surface area (Å²) in [4.78, 5) is 14.5. The summed E-state index contributed by atoms with van der Waals surface area (Å²) in [6.07, 6.45) is 1.52. The Morgan fingerprint density at radius 1 is 1.00 bits per heavy atom. The Morgan fingerprint density at radius 2 is 1.68 bits per heavy atom. The van der Waals surface area contributed by atoms with Gasteiger partial charge in [-0.3, -0.25) is 15.1 Å². The first-order chi connectivity index (χ1) is 13.3. The summed E-state index contributed by atoms with van der Waals surface area (Å²) in [5.41, 5.74) is 2.08. The van der Waals surface area contributed by atoms with E-state index in [0.717, 1.165) is 5.56 Å². The molecule has 0 N–H and O–H groups in total. The second-order valence-electron chi connectivity index (χ2n) is 5.95. The number of nitro benzene ring substituents is 1. The van der Waals surface area contributed by atoms with Gasteiger partial charge < -0.3 is 4.18 Å². The molecule has 0 radical (unpaired) electrons. The van der Waals surface area contributed by atoms with E-state index in [1.165, 1.54) is 48.7 Å². The van der Waals surface area contributed by atoms with Crippen molar-refractivity contribution >= 4 is 27.7 Å². The maximum absolute atomic E-state index is 12.4. The first-order valence-electron chi connectivity index (χ1n) is 8.23. The van der Waals surface area contributed by atoms with Gasteiger partial charge in [0.15, 0.2) is 0 Å². The van der Waals surface area contributed by atoms with Crippen molar-refractivity contribution in [3.05, 3.63) is 94.0 Å². The molecule has 0 aliphatic heterocycles. The lowest BCUT2D eigenvalue weighted by Gasteiger charge is -2.07. The number of aliphatic imine (C=N–C) groups is 1. The maximum atomic E-state index is 12.4. The van der Waals surface area contributed by atoms with E-state index in [-0.39, 0.29) is 16.3 Å². The molecule has 0 saturated heterocycles. The van der Waals surface area contributed by atoms with E-state index in [1.807, 2.05) is 6.92 Å². The molecule has 0 bridgehead atoms. The van der Waals surface area contributed by atoms with E-state index >= 15 is 0 Å². The van der Waals surface area contributed by atoms with Crippen LogP contribution in [0.2, 0.25) is 0 Å². The molecule has 0 atom stereocenters. The lowest BCUT2D eigenvalue weighted by Crippen LogP contribution is -2.09. The summed E-state index contributed by atoms with van der Waals surface area (Å²) in [6, 6.07) is 18.6. The zero-order chi connectivity index (χ0) is 20.1. The van der Waals surface area contributed by atoms with Crippen LogP contribution in [0.5, 0.6) is 5.75 Å². The van der Waals surface area contributed by atoms with Crippen LogP contribution in [-0.4, -0.2) is 19.6 Å². The standard InChI is InChI=1S/C20H16N2O5S/c1-15-5-11-20(12-6-15)28(25,26)27-19-4-2-3-16(13-19)14-21-17-7-9-18(10-8-17)22(23)24/h2-14H,1H3. The highest BCUT2D eigenvalue weighted by Crippen LogP contribution is 2.21. The van der Waals surface area contributed by atoms with Crippen LogP contribution in [0.3, 0.4) is 0 Å². The normalized spacial score (nSPS) is 11.5. The van der Waals surface area contributed by atoms with Crippen LogP contribution in [0.15, 0.2) is 82.7 Å². The van der Waals surface area contributed by atoms with Crippen molar-refractivity contribution in [1.29, 1.82) is 0 Å². The van der Waals surface area contributed by atoms with Crippen LogP contribution < -0.4 is 4.18 Å². The van der Waals surface area contributed by atoms with E-state index in [4.69, 9.17) is 4.18 Å². The first-order valence-corrected chi connectivity index (χ1v) is 9.64. The zero-order valence-electron chi connectivity index (χ0n) is 14.8. The van der Waals surface area contributed by atoms with Gasteiger partial charge in [0.2, 0.25) is 0 Å². The van der Waals surface area contributed by atoms with Crippen molar-refractivity contribution in [2.75, 3.05) is 0 Å². The van der Waals surface area contributed by atoms with Gasteiger partial charge >= 0.3 is 10.1 Å². The van der Waals surface area contributed by atoms with Crippen molar-refractivity contribution in [1.82, 2.24) is 0 Å². The van der Waals surface area contributed by atoms with E-state index in [2.05, 4.69) is 4.99 Å². The highest BCUT2D eigenvalue weighted by Gasteiger charge is 2.16. The van der Waals surface area contributed by atoms with Gasteiger partial charge in [-0.25, -0.2) is 0 Å². The SMILES string of the molecule is Cc1ccc(S(=O)(=O)Oc2cccc(C=Nc3ccc([N+](=O)[O-])cc3)c2)cc1. The van der Waals surface area contributed by atoms with Crippen molar-refractivity contribution in [3.63, 3.8) is 0 Å². The minimum atomic E-state index is -3.94. The minimum absolute atomic E-state index is 0.0179. The highest BCUT2D eigenvalue weighted by atomic mass is 32.2. The van der Waals surface area contributed by atoms with Gasteiger partial charge in [0.1, 0.15) is 10.6 Å². The second kappa shape index (κ2) is 8.01. The molecule has 3 aromatic carbocycles. The number of nitro groups is 1. The average molecular weight is 396 g/mol. The fourth-order valence-corrected chi connectivity index (χ4v) is 3.26. The molecule has 0 heterocycles. The van der Waals surface area contributed by atoms with Crippen LogP contribution >= 0.6 is 0 Å². The van der Waals surface area contributed by atoms with Crippen LogP contribution in [-0.2, 0) is 10.1 Å². The molecule has 0 unspecified atom stereocenters. The molecule has 0 amide bonds. The van der Waals surface area contributed by atoms with Crippen LogP contribution in [0.25, 0.3) is 0 Å². The third-order valence-corrected chi connectivity index (χ3v) is 5.06. The van der Waals surface area contributed by atoms with Crippen molar-refractivity contribution in [2.24, 2.45) is 4.99 Å². The third kappa shape index (κ3) is 4.80. The Morgan fingerprint density at radius 3 is 2.32 bits per heavy atom. The largest absolute Gasteiger partial charge is 0.379 e. The molecule has 0 aliphatic carbocycles. The van der Waals surface area contributed by atoms with Crippen molar-refractivity contribution in [2.45, 2.75) is 11.8 Å². The van der Waals surface area contributed by atoms with Crippen LogP contribution in [0.1, 0.15) is 11.1 Å². The van der Waals surface area contributed by atoms with E-state index in [0.29, 0.717) is 11.3 Å². The Kier molecular flexibility index (Phi) is 5.51. The monoisotopic (exact) mass is 396 g/mol. The van der Waals surface area contributed by atoms with E-state index in [9.17, 15) is 18.5 Å². The Bertz CT molecular complexity index is 1120. The van der Waals surface area contributed by atoms with Gasteiger partial charge in [0.25, 0.3) is 5.69 Å². The number of aryl methyl sites for hydroxylation is 1. The second-order valence-corrected chi connectivity index (χ2v) is 7.50.